The largest absolute Gasteiger partial charge is 0.497 e. The first-order valence-corrected chi connectivity index (χ1v) is 5.39. The predicted molar refractivity (Wildman–Crippen MR) is 65.6 cm³/mol. The molecule has 0 aliphatic carbocycles. The second-order valence-corrected chi connectivity index (χ2v) is 3.88. The third-order valence-corrected chi connectivity index (χ3v) is 2.63. The first-order valence-electron chi connectivity index (χ1n) is 5.39. The van der Waals surface area contributed by atoms with Crippen LogP contribution in [0.1, 0.15) is 5.69 Å². The molecule has 19 heavy (non-hydrogen) atoms. The first kappa shape index (κ1) is 13.2. The zero-order valence-corrected chi connectivity index (χ0v) is 10.0. The van der Waals surface area contributed by atoms with E-state index in [9.17, 15) is 13.2 Å². The number of rotatable bonds is 2. The average Bonchev–Trinajstić information content (AvgIpc) is 2.38. The number of hydrogen-bond acceptors (Lipinski definition) is 3. The Morgan fingerprint density at radius 3 is 2.42 bits per heavy atom. The number of benzene rings is 1. The molecular formula is C13H11F3N2O. The molecule has 2 aromatic rings. The maximum absolute atomic E-state index is 12.4. The number of aromatic nitrogens is 1. The highest BCUT2D eigenvalue weighted by Crippen LogP contribution is 2.32. The van der Waals surface area contributed by atoms with Crippen molar-refractivity contribution in [2.24, 2.45) is 0 Å². The molecule has 1 aromatic carbocycles. The molecule has 2 rings (SSSR count). The molecule has 100 valence electrons. The lowest BCUT2D eigenvalue weighted by atomic mass is 10.0. The van der Waals surface area contributed by atoms with Crippen LogP contribution in [0.2, 0.25) is 0 Å². The number of anilines is 1. The van der Waals surface area contributed by atoms with E-state index in [-0.39, 0.29) is 0 Å². The zero-order valence-electron chi connectivity index (χ0n) is 10.0. The van der Waals surface area contributed by atoms with E-state index in [1.54, 1.807) is 18.2 Å². The first-order chi connectivity index (χ1) is 8.91. The van der Waals surface area contributed by atoms with Gasteiger partial charge in [-0.05, 0) is 24.3 Å². The highest BCUT2D eigenvalue weighted by atomic mass is 19.4. The number of hydrogen-bond donors (Lipinski definition) is 1. The fraction of sp³-hybridized carbons (Fsp3) is 0.154. The standard InChI is InChI=1S/C13H11F3N2O/c1-19-9-3-4-11(17)10(6-9)8-2-5-12(18-7-8)13(14,15)16/h2-7H,17H2,1H3. The monoisotopic (exact) mass is 268 g/mol. The van der Waals surface area contributed by atoms with Gasteiger partial charge in [0.1, 0.15) is 11.4 Å². The third kappa shape index (κ3) is 2.78. The lowest BCUT2D eigenvalue weighted by Crippen LogP contribution is -2.07. The molecule has 0 aliphatic rings. The molecule has 0 radical (unpaired) electrons. The summed E-state index contributed by atoms with van der Waals surface area (Å²) in [5, 5.41) is 0. The van der Waals surface area contributed by atoms with Gasteiger partial charge in [0.05, 0.1) is 7.11 Å². The Morgan fingerprint density at radius 2 is 1.89 bits per heavy atom. The van der Waals surface area contributed by atoms with Crippen molar-refractivity contribution in [3.05, 3.63) is 42.2 Å². The third-order valence-electron chi connectivity index (χ3n) is 2.63. The maximum atomic E-state index is 12.4. The summed E-state index contributed by atoms with van der Waals surface area (Å²) in [5.41, 5.74) is 6.40. The van der Waals surface area contributed by atoms with E-state index < -0.39 is 11.9 Å². The van der Waals surface area contributed by atoms with Crippen LogP contribution in [-0.4, -0.2) is 12.1 Å². The lowest BCUT2D eigenvalue weighted by molar-refractivity contribution is -0.141. The van der Waals surface area contributed by atoms with Gasteiger partial charge in [-0.3, -0.25) is 4.98 Å². The van der Waals surface area contributed by atoms with E-state index in [2.05, 4.69) is 4.98 Å². The second-order valence-electron chi connectivity index (χ2n) is 3.88. The fourth-order valence-electron chi connectivity index (χ4n) is 1.63. The molecule has 1 heterocycles. The molecule has 0 aliphatic heterocycles. The van der Waals surface area contributed by atoms with Crippen molar-refractivity contribution >= 4 is 5.69 Å². The van der Waals surface area contributed by atoms with Crippen LogP contribution in [0, 0.1) is 0 Å². The number of nitrogens with zero attached hydrogens (tertiary/aromatic N) is 1. The van der Waals surface area contributed by atoms with E-state index in [4.69, 9.17) is 10.5 Å². The van der Waals surface area contributed by atoms with Crippen LogP contribution in [0.15, 0.2) is 36.5 Å². The number of pyridine rings is 1. The van der Waals surface area contributed by atoms with Gasteiger partial charge in [-0.15, -0.1) is 0 Å². The van der Waals surface area contributed by atoms with E-state index in [0.717, 1.165) is 12.3 Å². The van der Waals surface area contributed by atoms with Crippen LogP contribution >= 0.6 is 0 Å². The molecule has 6 heteroatoms. The summed E-state index contributed by atoms with van der Waals surface area (Å²) >= 11 is 0. The van der Waals surface area contributed by atoms with Gasteiger partial charge in [0, 0.05) is 23.0 Å². The summed E-state index contributed by atoms with van der Waals surface area (Å²) in [6, 6.07) is 7.22. The summed E-state index contributed by atoms with van der Waals surface area (Å²) < 4.78 is 42.3. The van der Waals surface area contributed by atoms with Crippen molar-refractivity contribution < 1.29 is 17.9 Å². The van der Waals surface area contributed by atoms with E-state index >= 15 is 0 Å². The summed E-state index contributed by atoms with van der Waals surface area (Å²) in [4.78, 5) is 3.40. The van der Waals surface area contributed by atoms with Gasteiger partial charge in [0.15, 0.2) is 0 Å². The highest BCUT2D eigenvalue weighted by molar-refractivity contribution is 5.77. The Kier molecular flexibility index (Phi) is 3.33. The quantitative estimate of drug-likeness (QED) is 0.849. The topological polar surface area (TPSA) is 48.1 Å². The van der Waals surface area contributed by atoms with Crippen LogP contribution in [0.5, 0.6) is 5.75 Å². The molecule has 0 fully saturated rings. The molecule has 2 N–H and O–H groups in total. The Hall–Kier alpha value is -2.24. The van der Waals surface area contributed by atoms with Crippen molar-refractivity contribution in [1.82, 2.24) is 4.98 Å². The van der Waals surface area contributed by atoms with Crippen LogP contribution in [-0.2, 0) is 6.18 Å². The van der Waals surface area contributed by atoms with Gasteiger partial charge in [-0.1, -0.05) is 6.07 Å². The smallest absolute Gasteiger partial charge is 0.433 e. The SMILES string of the molecule is COc1ccc(N)c(-c2ccc(C(F)(F)F)nc2)c1. The van der Waals surface area contributed by atoms with Gasteiger partial charge in [-0.25, -0.2) is 0 Å². The molecule has 0 amide bonds. The number of ether oxygens (including phenoxy) is 1. The molecule has 0 bridgehead atoms. The highest BCUT2D eigenvalue weighted by Gasteiger charge is 2.32. The zero-order chi connectivity index (χ0) is 14.0. The van der Waals surface area contributed by atoms with Crippen LogP contribution in [0.3, 0.4) is 0 Å². The molecular weight excluding hydrogens is 257 g/mol. The Bertz CT molecular complexity index is 579. The molecule has 0 unspecified atom stereocenters. The molecule has 0 saturated heterocycles. The van der Waals surface area contributed by atoms with E-state index in [1.165, 1.54) is 13.2 Å². The molecule has 0 atom stereocenters. The lowest BCUT2D eigenvalue weighted by Gasteiger charge is -2.10. The summed E-state index contributed by atoms with van der Waals surface area (Å²) in [6.45, 7) is 0. The van der Waals surface area contributed by atoms with Gasteiger partial charge in [-0.2, -0.15) is 13.2 Å². The van der Waals surface area contributed by atoms with Gasteiger partial charge in [0.2, 0.25) is 0 Å². The number of methoxy groups -OCH3 is 1. The van der Waals surface area contributed by atoms with Crippen molar-refractivity contribution in [3.63, 3.8) is 0 Å². The number of halogens is 3. The molecule has 0 spiro atoms. The van der Waals surface area contributed by atoms with Gasteiger partial charge < -0.3 is 10.5 Å². The summed E-state index contributed by atoms with van der Waals surface area (Å²) in [7, 11) is 1.50. The van der Waals surface area contributed by atoms with Crippen molar-refractivity contribution in [1.29, 1.82) is 0 Å². The number of alkyl halides is 3. The van der Waals surface area contributed by atoms with Crippen LogP contribution in [0.25, 0.3) is 11.1 Å². The summed E-state index contributed by atoms with van der Waals surface area (Å²) in [6.07, 6.45) is -3.30. The maximum Gasteiger partial charge on any atom is 0.433 e. The van der Waals surface area contributed by atoms with E-state index in [0.29, 0.717) is 22.6 Å². The minimum Gasteiger partial charge on any atom is -0.497 e. The van der Waals surface area contributed by atoms with Crippen molar-refractivity contribution in [2.75, 3.05) is 12.8 Å². The van der Waals surface area contributed by atoms with Crippen LogP contribution < -0.4 is 10.5 Å². The van der Waals surface area contributed by atoms with Gasteiger partial charge >= 0.3 is 6.18 Å². The van der Waals surface area contributed by atoms with Crippen molar-refractivity contribution in [3.8, 4) is 16.9 Å². The van der Waals surface area contributed by atoms with E-state index in [1.807, 2.05) is 0 Å². The molecule has 1 aromatic heterocycles. The minimum atomic E-state index is -4.45. The molecule has 0 saturated carbocycles. The van der Waals surface area contributed by atoms with Crippen molar-refractivity contribution in [2.45, 2.75) is 6.18 Å². The summed E-state index contributed by atoms with van der Waals surface area (Å²) in [5.74, 6) is 0.573. The Morgan fingerprint density at radius 1 is 1.16 bits per heavy atom. The van der Waals surface area contributed by atoms with Crippen LogP contribution in [0.4, 0.5) is 18.9 Å². The normalized spacial score (nSPS) is 11.4. The number of nitrogens with two attached hydrogens (primary N) is 1. The van der Waals surface area contributed by atoms with Gasteiger partial charge in [0.25, 0.3) is 0 Å². The predicted octanol–water partition coefficient (Wildman–Crippen LogP) is 3.36. The molecule has 3 nitrogen and oxygen atoms in total. The average molecular weight is 268 g/mol. The Balaban J connectivity index is 2.42. The fourth-order valence-corrected chi connectivity index (χ4v) is 1.63. The second kappa shape index (κ2) is 4.79. The Labute approximate surface area is 107 Å². The minimum absolute atomic E-state index is 0.447. The number of nitrogen functional groups attached to an aromatic ring is 1.